The fourth-order valence-corrected chi connectivity index (χ4v) is 3.99. The lowest BCUT2D eigenvalue weighted by Gasteiger charge is -2.49. The molecule has 0 N–H and O–H groups in total. The molecule has 0 aromatic heterocycles. The summed E-state index contributed by atoms with van der Waals surface area (Å²) in [5.74, 6) is -0.338. The van der Waals surface area contributed by atoms with Crippen LogP contribution in [0.25, 0.3) is 0 Å². The summed E-state index contributed by atoms with van der Waals surface area (Å²) in [4.78, 5) is 4.23. The van der Waals surface area contributed by atoms with Crippen LogP contribution in [0.3, 0.4) is 0 Å². The topological polar surface area (TPSA) is 6.48 Å². The van der Waals surface area contributed by atoms with E-state index < -0.39 is 12.1 Å². The van der Waals surface area contributed by atoms with Crippen LogP contribution in [0.15, 0.2) is 11.4 Å². The average Bonchev–Trinajstić information content (AvgIpc) is 3.21. The minimum Gasteiger partial charge on any atom is -0.361 e. The fraction of sp³-hybridized carbons (Fsp3) is 0.882. The van der Waals surface area contributed by atoms with E-state index in [1.165, 1.54) is 0 Å². The van der Waals surface area contributed by atoms with Gasteiger partial charge in [-0.3, -0.25) is 0 Å². The number of hydrogen-bond acceptors (Lipinski definition) is 2. The van der Waals surface area contributed by atoms with Crippen molar-refractivity contribution in [3.8, 4) is 0 Å². The van der Waals surface area contributed by atoms with Crippen LogP contribution in [0.1, 0.15) is 53.4 Å². The molecule has 1 saturated carbocycles. The summed E-state index contributed by atoms with van der Waals surface area (Å²) in [5, 5.41) is 0. The number of nitrogens with zero attached hydrogens (tertiary/aromatic N) is 2. The maximum absolute atomic E-state index is 13.5. The normalized spacial score (nSPS) is 26.9. The Morgan fingerprint density at radius 2 is 1.68 bits per heavy atom. The first kappa shape index (κ1) is 17.5. The van der Waals surface area contributed by atoms with Gasteiger partial charge in [0.2, 0.25) is 0 Å². The van der Waals surface area contributed by atoms with Crippen molar-refractivity contribution in [2.45, 2.75) is 65.6 Å². The first-order valence-corrected chi connectivity index (χ1v) is 8.55. The molecule has 3 aliphatic rings. The highest BCUT2D eigenvalue weighted by Crippen LogP contribution is 2.63. The van der Waals surface area contributed by atoms with Gasteiger partial charge < -0.3 is 9.80 Å². The summed E-state index contributed by atoms with van der Waals surface area (Å²) in [6.45, 7) is 9.54. The molecule has 2 heterocycles. The van der Waals surface area contributed by atoms with E-state index in [4.69, 9.17) is 0 Å². The number of halogens is 3. The Morgan fingerprint density at radius 1 is 1.09 bits per heavy atom. The molecular formula is C17H29F3N2. The van der Waals surface area contributed by atoms with Gasteiger partial charge in [0.25, 0.3) is 0 Å². The molecule has 0 radical (unpaired) electrons. The van der Waals surface area contributed by atoms with Gasteiger partial charge in [-0.25, -0.2) is 0 Å². The van der Waals surface area contributed by atoms with Crippen molar-refractivity contribution in [3.05, 3.63) is 11.4 Å². The number of alkyl halides is 3. The molecule has 2 aliphatic heterocycles. The fourth-order valence-electron chi connectivity index (χ4n) is 3.99. The van der Waals surface area contributed by atoms with E-state index in [0.717, 1.165) is 31.6 Å². The quantitative estimate of drug-likeness (QED) is 0.695. The van der Waals surface area contributed by atoms with Gasteiger partial charge in [0.1, 0.15) is 5.82 Å². The lowest BCUT2D eigenvalue weighted by atomic mass is 9.76. The van der Waals surface area contributed by atoms with Crippen LogP contribution >= 0.6 is 0 Å². The molecule has 0 aromatic carbocycles. The van der Waals surface area contributed by atoms with Crippen LogP contribution in [0.2, 0.25) is 0 Å². The molecule has 0 saturated heterocycles. The van der Waals surface area contributed by atoms with E-state index >= 15 is 0 Å². The highest BCUT2D eigenvalue weighted by Gasteiger charge is 2.59. The maximum atomic E-state index is 13.5. The van der Waals surface area contributed by atoms with Gasteiger partial charge in [-0.1, -0.05) is 13.8 Å². The Balaban J connectivity index is 0.000000847. The van der Waals surface area contributed by atoms with Gasteiger partial charge in [0.05, 0.1) is 5.92 Å². The maximum Gasteiger partial charge on any atom is 0.395 e. The second-order valence-electron chi connectivity index (χ2n) is 6.86. The molecule has 0 aromatic rings. The van der Waals surface area contributed by atoms with Crippen molar-refractivity contribution in [2.24, 2.45) is 11.3 Å². The first-order chi connectivity index (χ1) is 10.3. The second kappa shape index (κ2) is 5.97. The lowest BCUT2D eigenvalue weighted by Crippen LogP contribution is -2.50. The number of rotatable bonds is 1. The third kappa shape index (κ3) is 2.83. The molecule has 1 aliphatic carbocycles. The summed E-state index contributed by atoms with van der Waals surface area (Å²) in [7, 11) is 1.94. The summed E-state index contributed by atoms with van der Waals surface area (Å²) >= 11 is 0. The first-order valence-electron chi connectivity index (χ1n) is 8.55. The van der Waals surface area contributed by atoms with Crippen molar-refractivity contribution in [2.75, 3.05) is 20.1 Å². The van der Waals surface area contributed by atoms with Crippen LogP contribution < -0.4 is 0 Å². The van der Waals surface area contributed by atoms with Gasteiger partial charge >= 0.3 is 6.18 Å². The molecule has 1 fully saturated rings. The summed E-state index contributed by atoms with van der Waals surface area (Å²) in [6, 6.07) is 0.255. The molecule has 0 amide bonds. The molecule has 1 spiro atoms. The van der Waals surface area contributed by atoms with E-state index in [9.17, 15) is 13.2 Å². The molecule has 1 unspecified atom stereocenters. The molecule has 1 atom stereocenters. The van der Waals surface area contributed by atoms with Crippen molar-refractivity contribution in [1.82, 2.24) is 9.80 Å². The van der Waals surface area contributed by atoms with Crippen molar-refractivity contribution < 1.29 is 13.2 Å². The van der Waals surface area contributed by atoms with Gasteiger partial charge in [-0.2, -0.15) is 13.2 Å². The van der Waals surface area contributed by atoms with E-state index in [1.54, 1.807) is 0 Å². The van der Waals surface area contributed by atoms with Gasteiger partial charge in [0.15, 0.2) is 0 Å². The zero-order chi connectivity index (χ0) is 16.7. The number of hydrogen-bond donors (Lipinski definition) is 0. The molecule has 2 nitrogen and oxygen atoms in total. The molecular weight excluding hydrogens is 289 g/mol. The van der Waals surface area contributed by atoms with Crippen LogP contribution in [0.5, 0.6) is 0 Å². The largest absolute Gasteiger partial charge is 0.395 e. The third-order valence-electron chi connectivity index (χ3n) is 5.25. The molecule has 128 valence electrons. The predicted molar refractivity (Wildman–Crippen MR) is 83.3 cm³/mol. The average molecular weight is 318 g/mol. The van der Waals surface area contributed by atoms with E-state index in [-0.39, 0.29) is 17.9 Å². The van der Waals surface area contributed by atoms with E-state index in [1.807, 2.05) is 20.9 Å². The summed E-state index contributed by atoms with van der Waals surface area (Å²) in [6.07, 6.45) is -1.11. The number of allylic oxidation sites excluding steroid dienone is 1. The zero-order valence-corrected chi connectivity index (χ0v) is 14.4. The van der Waals surface area contributed by atoms with Crippen molar-refractivity contribution in [1.29, 1.82) is 0 Å². The highest BCUT2D eigenvalue weighted by molar-refractivity contribution is 5.34. The molecule has 22 heavy (non-hydrogen) atoms. The molecule has 0 bridgehead atoms. The SMILES string of the molecule is CC.CC(C)N1CCC2(CC2)C2=C1N(C)CCC2C(F)(F)F. The predicted octanol–water partition coefficient (Wildman–Crippen LogP) is 4.63. The van der Waals surface area contributed by atoms with Gasteiger partial charge in [-0.15, -0.1) is 0 Å². The summed E-state index contributed by atoms with van der Waals surface area (Å²) in [5.41, 5.74) is 0.578. The third-order valence-corrected chi connectivity index (χ3v) is 5.25. The lowest BCUT2D eigenvalue weighted by molar-refractivity contribution is -0.173. The molecule has 5 heteroatoms. The Kier molecular flexibility index (Phi) is 4.74. The minimum atomic E-state index is -4.10. The van der Waals surface area contributed by atoms with E-state index in [0.29, 0.717) is 12.1 Å². The van der Waals surface area contributed by atoms with Gasteiger partial charge in [0, 0.05) is 26.2 Å². The van der Waals surface area contributed by atoms with Crippen molar-refractivity contribution >= 4 is 0 Å². The Bertz CT molecular complexity index is 436. The van der Waals surface area contributed by atoms with Crippen molar-refractivity contribution in [3.63, 3.8) is 0 Å². The standard InChI is InChI=1S/C15H23F3N2.C2H6/c1-10(2)20-9-7-14(5-6-14)12-11(15(16,17)18)4-8-19(3)13(12)20;1-2/h10-11H,4-9H2,1-3H3;1-2H3. The monoisotopic (exact) mass is 318 g/mol. The second-order valence-corrected chi connectivity index (χ2v) is 6.86. The Hall–Kier alpha value is -0.870. The van der Waals surface area contributed by atoms with Crippen LogP contribution in [0.4, 0.5) is 13.2 Å². The van der Waals surface area contributed by atoms with Crippen LogP contribution in [0, 0.1) is 11.3 Å². The Labute approximate surface area is 132 Å². The van der Waals surface area contributed by atoms with Crippen LogP contribution in [-0.2, 0) is 0 Å². The smallest absolute Gasteiger partial charge is 0.361 e. The van der Waals surface area contributed by atoms with Crippen LogP contribution in [-0.4, -0.2) is 42.2 Å². The molecule has 3 rings (SSSR count). The highest BCUT2D eigenvalue weighted by atomic mass is 19.4. The number of fused-ring (bicyclic) bond motifs is 1. The minimum absolute atomic E-state index is 0.129. The van der Waals surface area contributed by atoms with Gasteiger partial charge in [-0.05, 0) is 50.5 Å². The zero-order valence-electron chi connectivity index (χ0n) is 14.4. The van der Waals surface area contributed by atoms with E-state index in [2.05, 4.69) is 23.6 Å². The summed E-state index contributed by atoms with van der Waals surface area (Å²) < 4.78 is 40.4. The Morgan fingerprint density at radius 3 is 2.14 bits per heavy atom.